The molecule has 2 heterocycles. The van der Waals surface area contributed by atoms with Crippen LogP contribution in [0.2, 0.25) is 0 Å². The smallest absolute Gasteiger partial charge is 0.227 e. The monoisotopic (exact) mass is 247 g/mol. The molecule has 18 heavy (non-hydrogen) atoms. The molecule has 0 aliphatic rings. The van der Waals surface area contributed by atoms with Crippen LogP contribution >= 0.6 is 0 Å². The van der Waals surface area contributed by atoms with Crippen molar-refractivity contribution in [2.45, 2.75) is 19.4 Å². The first-order valence-corrected chi connectivity index (χ1v) is 5.94. The zero-order valence-corrected chi connectivity index (χ0v) is 10.4. The third kappa shape index (κ3) is 3.44. The minimum Gasteiger partial charge on any atom is -0.356 e. The van der Waals surface area contributed by atoms with Gasteiger partial charge in [0.2, 0.25) is 5.91 Å². The van der Waals surface area contributed by atoms with Gasteiger partial charge in [-0.2, -0.15) is 0 Å². The van der Waals surface area contributed by atoms with Gasteiger partial charge in [0.1, 0.15) is 5.82 Å². The summed E-state index contributed by atoms with van der Waals surface area (Å²) in [7, 11) is 1.88. The molecule has 0 atom stereocenters. The van der Waals surface area contributed by atoms with E-state index in [1.165, 1.54) is 0 Å². The van der Waals surface area contributed by atoms with Gasteiger partial charge < -0.3 is 14.5 Å². The Balaban J connectivity index is 1.65. The molecular weight excluding hydrogens is 230 g/mol. The molecule has 2 rings (SSSR count). The van der Waals surface area contributed by atoms with E-state index in [2.05, 4.69) is 15.3 Å². The van der Waals surface area contributed by atoms with Gasteiger partial charge in [-0.3, -0.25) is 4.79 Å². The molecule has 1 N–H and O–H groups in total. The van der Waals surface area contributed by atoms with E-state index in [1.54, 1.807) is 18.7 Å². The van der Waals surface area contributed by atoms with Crippen molar-refractivity contribution in [1.82, 2.24) is 24.4 Å². The van der Waals surface area contributed by atoms with Crippen LogP contribution in [0.15, 0.2) is 31.1 Å². The topological polar surface area (TPSA) is 64.7 Å². The predicted molar refractivity (Wildman–Crippen MR) is 66.8 cm³/mol. The molecule has 6 heteroatoms. The third-order valence-electron chi connectivity index (χ3n) is 2.71. The predicted octanol–water partition coefficient (Wildman–Crippen LogP) is 0.366. The standard InChI is InChI=1S/C12H17N5O/c1-16-7-5-14-11(16)9-12(18)15-3-2-6-17-8-4-13-10-17/h4-5,7-8,10H,2-3,6,9H2,1H3,(H,15,18). The normalized spacial score (nSPS) is 10.5. The van der Waals surface area contributed by atoms with Crippen LogP contribution in [0.3, 0.4) is 0 Å². The minimum absolute atomic E-state index is 0.00920. The van der Waals surface area contributed by atoms with Crippen LogP contribution < -0.4 is 5.32 Å². The van der Waals surface area contributed by atoms with E-state index in [-0.39, 0.29) is 5.91 Å². The average Bonchev–Trinajstić information content (AvgIpc) is 2.98. The van der Waals surface area contributed by atoms with E-state index in [4.69, 9.17) is 0 Å². The SMILES string of the molecule is Cn1ccnc1CC(=O)NCCCn1ccnc1. The van der Waals surface area contributed by atoms with Gasteiger partial charge in [0.15, 0.2) is 0 Å². The summed E-state index contributed by atoms with van der Waals surface area (Å²) in [6, 6.07) is 0. The van der Waals surface area contributed by atoms with Crippen LogP contribution in [0.5, 0.6) is 0 Å². The van der Waals surface area contributed by atoms with Crippen LogP contribution in [-0.4, -0.2) is 31.6 Å². The largest absolute Gasteiger partial charge is 0.356 e. The molecule has 2 aromatic heterocycles. The Labute approximate surface area is 106 Å². The number of carbonyl (C=O) groups is 1. The first kappa shape index (κ1) is 12.3. The summed E-state index contributed by atoms with van der Waals surface area (Å²) in [5, 5.41) is 2.88. The van der Waals surface area contributed by atoms with Crippen molar-refractivity contribution in [3.05, 3.63) is 36.9 Å². The number of aryl methyl sites for hydroxylation is 2. The van der Waals surface area contributed by atoms with Crippen LogP contribution in [0.4, 0.5) is 0 Å². The highest BCUT2D eigenvalue weighted by Gasteiger charge is 2.06. The third-order valence-corrected chi connectivity index (χ3v) is 2.71. The molecular formula is C12H17N5O. The number of nitrogens with zero attached hydrogens (tertiary/aromatic N) is 4. The van der Waals surface area contributed by atoms with Gasteiger partial charge in [-0.05, 0) is 6.42 Å². The summed E-state index contributed by atoms with van der Waals surface area (Å²) in [4.78, 5) is 19.7. The quantitative estimate of drug-likeness (QED) is 0.750. The lowest BCUT2D eigenvalue weighted by molar-refractivity contribution is -0.120. The van der Waals surface area contributed by atoms with E-state index in [1.807, 2.05) is 28.6 Å². The second-order valence-corrected chi connectivity index (χ2v) is 4.14. The van der Waals surface area contributed by atoms with Crippen molar-refractivity contribution in [2.24, 2.45) is 7.05 Å². The minimum atomic E-state index is 0.00920. The number of nitrogens with one attached hydrogen (secondary N) is 1. The fraction of sp³-hybridized carbons (Fsp3) is 0.417. The lowest BCUT2D eigenvalue weighted by Gasteiger charge is -2.05. The van der Waals surface area contributed by atoms with Crippen molar-refractivity contribution in [3.63, 3.8) is 0 Å². The Bertz CT molecular complexity index is 488. The number of rotatable bonds is 6. The van der Waals surface area contributed by atoms with Crippen LogP contribution in [0.1, 0.15) is 12.2 Å². The molecule has 0 fully saturated rings. The average molecular weight is 247 g/mol. The Hall–Kier alpha value is -2.11. The van der Waals surface area contributed by atoms with Gasteiger partial charge in [0, 0.05) is 44.9 Å². The van der Waals surface area contributed by atoms with Gasteiger partial charge >= 0.3 is 0 Å². The summed E-state index contributed by atoms with van der Waals surface area (Å²) in [6.07, 6.45) is 10.2. The van der Waals surface area contributed by atoms with E-state index in [0.29, 0.717) is 13.0 Å². The van der Waals surface area contributed by atoms with E-state index in [9.17, 15) is 4.79 Å². The summed E-state index contributed by atoms with van der Waals surface area (Å²) in [6.45, 7) is 1.53. The zero-order chi connectivity index (χ0) is 12.8. The van der Waals surface area contributed by atoms with Gasteiger partial charge in [-0.15, -0.1) is 0 Å². The number of imidazole rings is 2. The molecule has 6 nitrogen and oxygen atoms in total. The molecule has 0 radical (unpaired) electrons. The molecule has 0 spiro atoms. The van der Waals surface area contributed by atoms with Gasteiger partial charge in [-0.25, -0.2) is 9.97 Å². The second-order valence-electron chi connectivity index (χ2n) is 4.14. The Kier molecular flexibility index (Phi) is 4.11. The molecule has 0 bridgehead atoms. The van der Waals surface area contributed by atoms with E-state index >= 15 is 0 Å². The lowest BCUT2D eigenvalue weighted by Crippen LogP contribution is -2.27. The molecule has 0 saturated heterocycles. The van der Waals surface area contributed by atoms with E-state index < -0.39 is 0 Å². The van der Waals surface area contributed by atoms with Gasteiger partial charge in [0.25, 0.3) is 0 Å². The Morgan fingerprint density at radius 2 is 2.28 bits per heavy atom. The summed E-state index contributed by atoms with van der Waals surface area (Å²) in [5.41, 5.74) is 0. The Morgan fingerprint density at radius 3 is 2.94 bits per heavy atom. The van der Waals surface area contributed by atoms with Gasteiger partial charge in [0.05, 0.1) is 12.7 Å². The van der Waals surface area contributed by atoms with Crippen LogP contribution in [0, 0.1) is 0 Å². The second kappa shape index (κ2) is 6.00. The molecule has 0 aliphatic heterocycles. The van der Waals surface area contributed by atoms with Crippen LogP contribution in [0.25, 0.3) is 0 Å². The molecule has 0 aromatic carbocycles. The Morgan fingerprint density at radius 1 is 1.39 bits per heavy atom. The molecule has 1 amide bonds. The maximum absolute atomic E-state index is 11.6. The highest BCUT2D eigenvalue weighted by molar-refractivity contribution is 5.77. The van der Waals surface area contributed by atoms with Crippen LogP contribution in [-0.2, 0) is 24.8 Å². The number of aromatic nitrogens is 4. The highest BCUT2D eigenvalue weighted by Crippen LogP contribution is 1.95. The fourth-order valence-electron chi connectivity index (χ4n) is 1.68. The first-order valence-electron chi connectivity index (χ1n) is 5.94. The molecule has 0 saturated carbocycles. The molecule has 2 aromatic rings. The van der Waals surface area contributed by atoms with Crippen molar-refractivity contribution in [2.75, 3.05) is 6.54 Å². The fourth-order valence-corrected chi connectivity index (χ4v) is 1.68. The first-order chi connectivity index (χ1) is 8.75. The summed E-state index contributed by atoms with van der Waals surface area (Å²) >= 11 is 0. The van der Waals surface area contributed by atoms with Crippen molar-refractivity contribution in [1.29, 1.82) is 0 Å². The number of amides is 1. The zero-order valence-electron chi connectivity index (χ0n) is 10.4. The summed E-state index contributed by atoms with van der Waals surface area (Å²) in [5.74, 6) is 0.789. The maximum atomic E-state index is 11.6. The number of hydrogen-bond acceptors (Lipinski definition) is 3. The lowest BCUT2D eigenvalue weighted by atomic mass is 10.3. The maximum Gasteiger partial charge on any atom is 0.227 e. The van der Waals surface area contributed by atoms with Crippen molar-refractivity contribution >= 4 is 5.91 Å². The highest BCUT2D eigenvalue weighted by atomic mass is 16.1. The molecule has 0 unspecified atom stereocenters. The number of hydrogen-bond donors (Lipinski definition) is 1. The van der Waals surface area contributed by atoms with Crippen molar-refractivity contribution in [3.8, 4) is 0 Å². The number of carbonyl (C=O) groups excluding carboxylic acids is 1. The van der Waals surface area contributed by atoms with Crippen molar-refractivity contribution < 1.29 is 4.79 Å². The molecule has 0 aliphatic carbocycles. The summed E-state index contributed by atoms with van der Waals surface area (Å²) < 4.78 is 3.84. The molecule has 96 valence electrons. The van der Waals surface area contributed by atoms with Gasteiger partial charge in [-0.1, -0.05) is 0 Å². The van der Waals surface area contributed by atoms with E-state index in [0.717, 1.165) is 18.8 Å².